The van der Waals surface area contributed by atoms with Gasteiger partial charge in [-0.1, -0.05) is 0 Å². The fourth-order valence-electron chi connectivity index (χ4n) is 3.70. The molecule has 0 saturated carbocycles. The van der Waals surface area contributed by atoms with E-state index in [-0.39, 0.29) is 58.2 Å². The van der Waals surface area contributed by atoms with E-state index < -0.39 is 34.7 Å². The van der Waals surface area contributed by atoms with E-state index in [0.29, 0.717) is 5.75 Å². The first-order chi connectivity index (χ1) is 15.2. The summed E-state index contributed by atoms with van der Waals surface area (Å²) in [5.74, 6) is -1.65. The normalized spacial score (nSPS) is 21.1. The Kier molecular flexibility index (Phi) is 7.78. The van der Waals surface area contributed by atoms with Crippen LogP contribution >= 0.6 is 23.5 Å². The molecule has 2 aromatic rings. The second kappa shape index (κ2) is 10.2. The average molecular weight is 487 g/mol. The van der Waals surface area contributed by atoms with Gasteiger partial charge in [0.15, 0.2) is 23.4 Å². The van der Waals surface area contributed by atoms with Crippen molar-refractivity contribution in [2.24, 2.45) is 0 Å². The standard InChI is InChI=1S/C21H26O9S2/c1-9(31-4-2-22)15-11(24)8-14-16(18(15)28)21(32-5-3-23)19(29)20(30-14)10-6-12(25)17(27)13(26)7-10/h6-9,19-29H,2-5H2,1H3. The van der Waals surface area contributed by atoms with E-state index >= 15 is 0 Å². The summed E-state index contributed by atoms with van der Waals surface area (Å²) >= 11 is 2.50. The number of benzene rings is 2. The van der Waals surface area contributed by atoms with Gasteiger partial charge < -0.3 is 45.6 Å². The predicted molar refractivity (Wildman–Crippen MR) is 121 cm³/mol. The van der Waals surface area contributed by atoms with Crippen LogP contribution in [0.1, 0.15) is 40.2 Å². The molecule has 2 aromatic carbocycles. The topological polar surface area (TPSA) is 171 Å². The van der Waals surface area contributed by atoms with Gasteiger partial charge in [0.2, 0.25) is 0 Å². The van der Waals surface area contributed by atoms with Crippen molar-refractivity contribution in [1.82, 2.24) is 0 Å². The van der Waals surface area contributed by atoms with E-state index in [9.17, 15) is 35.7 Å². The zero-order chi connectivity index (χ0) is 23.6. The van der Waals surface area contributed by atoms with Crippen molar-refractivity contribution >= 4 is 23.5 Å². The van der Waals surface area contributed by atoms with Gasteiger partial charge in [0.05, 0.1) is 24.0 Å². The summed E-state index contributed by atoms with van der Waals surface area (Å²) in [5.41, 5.74) is 0.662. The summed E-state index contributed by atoms with van der Waals surface area (Å²) in [6.07, 6.45) is -2.38. The van der Waals surface area contributed by atoms with E-state index in [1.165, 1.54) is 29.6 Å². The Morgan fingerprint density at radius 3 is 2.12 bits per heavy atom. The minimum Gasteiger partial charge on any atom is -0.507 e. The molecule has 1 aliphatic rings. The lowest BCUT2D eigenvalue weighted by Crippen LogP contribution is -2.33. The van der Waals surface area contributed by atoms with Crippen molar-refractivity contribution in [1.29, 1.82) is 0 Å². The number of aromatic hydroxyl groups is 5. The predicted octanol–water partition coefficient (Wildman–Crippen LogP) is 2.26. The largest absolute Gasteiger partial charge is 0.507 e. The molecule has 8 N–H and O–H groups in total. The quantitative estimate of drug-likeness (QED) is 0.257. The third-order valence-corrected chi connectivity index (χ3v) is 7.60. The molecule has 4 unspecified atom stereocenters. The highest BCUT2D eigenvalue weighted by Crippen LogP contribution is 2.56. The van der Waals surface area contributed by atoms with Crippen LogP contribution in [0.2, 0.25) is 0 Å². The summed E-state index contributed by atoms with van der Waals surface area (Å²) in [6.45, 7) is 1.53. The number of thioether (sulfide) groups is 2. The van der Waals surface area contributed by atoms with Crippen LogP contribution in [-0.2, 0) is 0 Å². The molecule has 3 rings (SSSR count). The second-order valence-electron chi connectivity index (χ2n) is 7.26. The molecule has 32 heavy (non-hydrogen) atoms. The molecule has 176 valence electrons. The second-order valence-corrected chi connectivity index (χ2v) is 9.96. The average Bonchev–Trinajstić information content (AvgIpc) is 2.74. The van der Waals surface area contributed by atoms with Crippen LogP contribution in [0, 0.1) is 0 Å². The van der Waals surface area contributed by atoms with Gasteiger partial charge in [-0.15, -0.1) is 11.8 Å². The van der Waals surface area contributed by atoms with Crippen molar-refractivity contribution in [3.8, 4) is 34.5 Å². The fraction of sp³-hybridized carbons (Fsp3) is 0.429. The van der Waals surface area contributed by atoms with E-state index in [1.807, 2.05) is 0 Å². The lowest BCUT2D eigenvalue weighted by molar-refractivity contribution is 0.0172. The van der Waals surface area contributed by atoms with Gasteiger partial charge in [0.1, 0.15) is 23.4 Å². The highest BCUT2D eigenvalue weighted by atomic mass is 32.2. The van der Waals surface area contributed by atoms with E-state index in [1.54, 1.807) is 6.92 Å². The maximum Gasteiger partial charge on any atom is 0.200 e. The number of aliphatic hydroxyl groups excluding tert-OH is 3. The summed E-state index contributed by atoms with van der Waals surface area (Å²) in [7, 11) is 0. The molecule has 0 spiro atoms. The Hall–Kier alpha value is -2.18. The molecule has 9 nitrogen and oxygen atoms in total. The van der Waals surface area contributed by atoms with E-state index in [0.717, 1.165) is 12.1 Å². The monoisotopic (exact) mass is 486 g/mol. The number of fused-ring (bicyclic) bond motifs is 1. The van der Waals surface area contributed by atoms with Crippen molar-refractivity contribution < 1.29 is 45.6 Å². The Bertz CT molecular complexity index is 946. The molecule has 0 radical (unpaired) electrons. The van der Waals surface area contributed by atoms with Crippen LogP contribution < -0.4 is 4.74 Å². The summed E-state index contributed by atoms with van der Waals surface area (Å²) in [6, 6.07) is 3.61. The molecule has 11 heteroatoms. The number of phenolic OH excluding ortho intramolecular Hbond substituents is 5. The SMILES string of the molecule is CC(SCCO)c1c(O)cc2c(c1O)C(SCCO)C(O)C(c1cc(O)c(O)c(O)c1)O2. The summed E-state index contributed by atoms with van der Waals surface area (Å²) < 4.78 is 5.87. The maximum atomic E-state index is 11.1. The number of ether oxygens (including phenoxy) is 1. The number of hydrogen-bond acceptors (Lipinski definition) is 11. The first kappa shape index (κ1) is 24.5. The zero-order valence-electron chi connectivity index (χ0n) is 17.2. The molecular formula is C21H26O9S2. The van der Waals surface area contributed by atoms with Crippen LogP contribution in [0.4, 0.5) is 0 Å². The van der Waals surface area contributed by atoms with Crippen LogP contribution in [0.3, 0.4) is 0 Å². The third kappa shape index (κ3) is 4.62. The fourth-order valence-corrected chi connectivity index (χ4v) is 5.65. The summed E-state index contributed by atoms with van der Waals surface area (Å²) in [5, 5.41) is 79.4. The molecule has 1 aliphatic heterocycles. The van der Waals surface area contributed by atoms with Crippen LogP contribution in [0.5, 0.6) is 34.5 Å². The molecule has 0 fully saturated rings. The number of rotatable bonds is 8. The molecule has 4 atom stereocenters. The minimum atomic E-state index is -1.27. The molecule has 0 saturated heterocycles. The van der Waals surface area contributed by atoms with Crippen LogP contribution in [0.25, 0.3) is 0 Å². The smallest absolute Gasteiger partial charge is 0.200 e. The minimum absolute atomic E-state index is 0.0632. The van der Waals surface area contributed by atoms with Gasteiger partial charge >= 0.3 is 0 Å². The number of hydrogen-bond donors (Lipinski definition) is 8. The third-order valence-electron chi connectivity index (χ3n) is 5.15. The lowest BCUT2D eigenvalue weighted by atomic mass is 9.91. The van der Waals surface area contributed by atoms with Crippen LogP contribution in [-0.4, -0.2) is 71.7 Å². The number of aliphatic hydroxyl groups is 3. The summed E-state index contributed by atoms with van der Waals surface area (Å²) in [4.78, 5) is 0. The first-order valence-corrected chi connectivity index (χ1v) is 11.9. The van der Waals surface area contributed by atoms with E-state index in [2.05, 4.69) is 0 Å². The van der Waals surface area contributed by atoms with Gasteiger partial charge in [0, 0.05) is 33.9 Å². The lowest BCUT2D eigenvalue weighted by Gasteiger charge is -2.38. The molecular weight excluding hydrogens is 460 g/mol. The molecule has 0 aromatic heterocycles. The van der Waals surface area contributed by atoms with Crippen molar-refractivity contribution in [3.63, 3.8) is 0 Å². The Morgan fingerprint density at radius 2 is 1.53 bits per heavy atom. The van der Waals surface area contributed by atoms with E-state index in [4.69, 9.17) is 9.84 Å². The van der Waals surface area contributed by atoms with Gasteiger partial charge in [-0.2, -0.15) is 11.8 Å². The van der Waals surface area contributed by atoms with Crippen molar-refractivity contribution in [3.05, 3.63) is 34.9 Å². The molecule has 0 bridgehead atoms. The van der Waals surface area contributed by atoms with Crippen molar-refractivity contribution in [2.75, 3.05) is 24.7 Å². The zero-order valence-corrected chi connectivity index (χ0v) is 18.8. The number of phenols is 5. The van der Waals surface area contributed by atoms with Crippen molar-refractivity contribution in [2.45, 2.75) is 29.6 Å². The maximum absolute atomic E-state index is 11.1. The Balaban J connectivity index is 2.10. The van der Waals surface area contributed by atoms with Crippen LogP contribution in [0.15, 0.2) is 18.2 Å². The van der Waals surface area contributed by atoms with Gasteiger partial charge in [0.25, 0.3) is 0 Å². The van der Waals surface area contributed by atoms with Gasteiger partial charge in [-0.05, 0) is 19.1 Å². The Morgan fingerprint density at radius 1 is 0.906 bits per heavy atom. The first-order valence-electron chi connectivity index (χ1n) is 9.84. The molecule has 0 amide bonds. The Labute approximate surface area is 192 Å². The van der Waals surface area contributed by atoms with Gasteiger partial charge in [-0.3, -0.25) is 0 Å². The van der Waals surface area contributed by atoms with Gasteiger partial charge in [-0.25, -0.2) is 0 Å². The molecule has 0 aliphatic carbocycles. The highest BCUT2D eigenvalue weighted by Gasteiger charge is 2.42. The molecule has 1 heterocycles. The highest BCUT2D eigenvalue weighted by molar-refractivity contribution is 7.99.